The molecule has 3 rings (SSSR count). The number of aromatic nitrogens is 2. The number of nitrogens with one attached hydrogen (secondary N) is 2. The van der Waals surface area contributed by atoms with Crippen molar-refractivity contribution in [2.24, 2.45) is 0 Å². The SMILES string of the molecule is O=C(O)CC[C@H]1C(=O)Nc2cccc3[nH]c(=O)c(=O)n1c23. The van der Waals surface area contributed by atoms with Gasteiger partial charge in [0, 0.05) is 6.42 Å². The quantitative estimate of drug-likeness (QED) is 0.689. The van der Waals surface area contributed by atoms with E-state index in [0.717, 1.165) is 4.57 Å². The molecular formula is C13H11N3O5. The molecule has 1 atom stereocenters. The molecule has 0 radical (unpaired) electrons. The maximum atomic E-state index is 12.1. The zero-order valence-electron chi connectivity index (χ0n) is 10.8. The van der Waals surface area contributed by atoms with Crippen LogP contribution < -0.4 is 16.4 Å². The van der Waals surface area contributed by atoms with E-state index < -0.39 is 29.0 Å². The molecule has 8 heteroatoms. The van der Waals surface area contributed by atoms with Gasteiger partial charge in [0.1, 0.15) is 6.04 Å². The Morgan fingerprint density at radius 2 is 2.05 bits per heavy atom. The van der Waals surface area contributed by atoms with Crippen molar-refractivity contribution < 1.29 is 14.7 Å². The summed E-state index contributed by atoms with van der Waals surface area (Å²) in [4.78, 5) is 49.0. The van der Waals surface area contributed by atoms with E-state index in [9.17, 15) is 19.2 Å². The van der Waals surface area contributed by atoms with E-state index in [1.54, 1.807) is 18.2 Å². The molecule has 3 N–H and O–H groups in total. The molecular weight excluding hydrogens is 278 g/mol. The molecule has 21 heavy (non-hydrogen) atoms. The van der Waals surface area contributed by atoms with Gasteiger partial charge in [-0.1, -0.05) is 6.07 Å². The number of hydrogen-bond acceptors (Lipinski definition) is 4. The summed E-state index contributed by atoms with van der Waals surface area (Å²) in [6.07, 6.45) is -0.338. The van der Waals surface area contributed by atoms with Crippen LogP contribution in [-0.2, 0) is 9.59 Å². The lowest BCUT2D eigenvalue weighted by molar-refractivity contribution is -0.137. The van der Waals surface area contributed by atoms with Crippen LogP contribution in [-0.4, -0.2) is 26.5 Å². The third-order valence-electron chi connectivity index (χ3n) is 3.44. The van der Waals surface area contributed by atoms with E-state index in [4.69, 9.17) is 5.11 Å². The second-order valence-electron chi connectivity index (χ2n) is 4.77. The summed E-state index contributed by atoms with van der Waals surface area (Å²) >= 11 is 0. The average molecular weight is 289 g/mol. The van der Waals surface area contributed by atoms with Crippen LogP contribution in [0.2, 0.25) is 0 Å². The molecule has 2 heterocycles. The zero-order valence-corrected chi connectivity index (χ0v) is 10.8. The van der Waals surface area contributed by atoms with Gasteiger partial charge >= 0.3 is 17.1 Å². The van der Waals surface area contributed by atoms with Gasteiger partial charge in [-0.05, 0) is 18.6 Å². The molecule has 0 saturated heterocycles. The van der Waals surface area contributed by atoms with Crippen LogP contribution in [0.4, 0.5) is 5.69 Å². The largest absolute Gasteiger partial charge is 0.481 e. The number of H-pyrrole nitrogens is 1. The highest BCUT2D eigenvalue weighted by Crippen LogP contribution is 2.29. The number of aliphatic carboxylic acids is 1. The van der Waals surface area contributed by atoms with Crippen molar-refractivity contribution in [1.29, 1.82) is 0 Å². The minimum Gasteiger partial charge on any atom is -0.481 e. The Kier molecular flexibility index (Phi) is 2.86. The lowest BCUT2D eigenvalue weighted by Crippen LogP contribution is -2.44. The number of aromatic amines is 1. The fourth-order valence-corrected chi connectivity index (χ4v) is 2.54. The fourth-order valence-electron chi connectivity index (χ4n) is 2.54. The number of benzene rings is 1. The number of rotatable bonds is 3. The molecule has 8 nitrogen and oxygen atoms in total. The zero-order chi connectivity index (χ0) is 15.1. The second kappa shape index (κ2) is 4.58. The van der Waals surface area contributed by atoms with Gasteiger partial charge in [-0.3, -0.25) is 23.7 Å². The number of nitrogens with zero attached hydrogens (tertiary/aromatic N) is 1. The lowest BCUT2D eigenvalue weighted by atomic mass is 10.1. The summed E-state index contributed by atoms with van der Waals surface area (Å²) in [7, 11) is 0. The van der Waals surface area contributed by atoms with E-state index in [-0.39, 0.29) is 12.8 Å². The Morgan fingerprint density at radius 3 is 2.76 bits per heavy atom. The minimum atomic E-state index is -1.07. The Balaban J connectivity index is 2.29. The number of carboxylic acid groups (broad SMARTS) is 1. The first-order chi connectivity index (χ1) is 9.99. The molecule has 0 saturated carbocycles. The van der Waals surface area contributed by atoms with Crippen molar-refractivity contribution in [2.45, 2.75) is 18.9 Å². The summed E-state index contributed by atoms with van der Waals surface area (Å²) in [5.41, 5.74) is -0.471. The molecule has 0 fully saturated rings. The molecule has 0 unspecified atom stereocenters. The topological polar surface area (TPSA) is 121 Å². The third-order valence-corrected chi connectivity index (χ3v) is 3.44. The number of amides is 1. The predicted octanol–water partition coefficient (Wildman–Crippen LogP) is 0.0478. The van der Waals surface area contributed by atoms with Crippen LogP contribution in [0.3, 0.4) is 0 Å². The summed E-state index contributed by atoms with van der Waals surface area (Å²) in [5, 5.41) is 11.4. The van der Waals surface area contributed by atoms with Gasteiger partial charge in [0.15, 0.2) is 0 Å². The first-order valence-corrected chi connectivity index (χ1v) is 6.29. The molecule has 0 aliphatic carbocycles. The molecule has 0 bridgehead atoms. The number of carboxylic acids is 1. The Bertz CT molecular complexity index is 879. The van der Waals surface area contributed by atoms with Crippen LogP contribution in [0.15, 0.2) is 27.8 Å². The Labute approximate surface area is 117 Å². The lowest BCUT2D eigenvalue weighted by Gasteiger charge is -2.26. The van der Waals surface area contributed by atoms with E-state index >= 15 is 0 Å². The van der Waals surface area contributed by atoms with Crippen molar-refractivity contribution >= 4 is 28.6 Å². The summed E-state index contributed by atoms with van der Waals surface area (Å²) in [6, 6.07) is 3.86. The molecule has 108 valence electrons. The number of hydrogen-bond donors (Lipinski definition) is 3. The van der Waals surface area contributed by atoms with Crippen LogP contribution in [0.5, 0.6) is 0 Å². The van der Waals surface area contributed by atoms with Crippen LogP contribution >= 0.6 is 0 Å². The van der Waals surface area contributed by atoms with E-state index in [0.29, 0.717) is 16.7 Å². The Hall–Kier alpha value is -2.90. The molecule has 1 aliphatic rings. The van der Waals surface area contributed by atoms with Crippen LogP contribution in [0, 0.1) is 0 Å². The predicted molar refractivity (Wildman–Crippen MR) is 73.4 cm³/mol. The maximum Gasteiger partial charge on any atom is 0.317 e. The standard InChI is InChI=1S/C13H11N3O5/c17-9(18)5-4-8-11(19)14-6-2-1-3-7-10(6)16(8)13(21)12(20)15-7/h1-3,8H,4-5H2,(H,14,19)(H,15,20)(H,17,18)/t8-/m0/s1. The number of carbonyl (C=O) groups excluding carboxylic acids is 1. The van der Waals surface area contributed by atoms with Crippen molar-refractivity contribution in [3.8, 4) is 0 Å². The number of para-hydroxylation sites is 1. The number of anilines is 1. The normalized spacial score (nSPS) is 16.8. The molecule has 1 amide bonds. The molecule has 1 aromatic carbocycles. The minimum absolute atomic E-state index is 0.0615. The highest BCUT2D eigenvalue weighted by molar-refractivity contribution is 6.04. The third kappa shape index (κ3) is 2.00. The van der Waals surface area contributed by atoms with E-state index in [1.165, 1.54) is 0 Å². The van der Waals surface area contributed by atoms with Gasteiger partial charge < -0.3 is 15.4 Å². The van der Waals surface area contributed by atoms with Crippen LogP contribution in [0.25, 0.3) is 11.0 Å². The van der Waals surface area contributed by atoms with E-state index in [1.807, 2.05) is 0 Å². The summed E-state index contributed by atoms with van der Waals surface area (Å²) in [5.74, 6) is -1.57. The fraction of sp³-hybridized carbons (Fsp3) is 0.231. The summed E-state index contributed by atoms with van der Waals surface area (Å²) in [6.45, 7) is 0. The van der Waals surface area contributed by atoms with Crippen molar-refractivity contribution in [3.63, 3.8) is 0 Å². The monoisotopic (exact) mass is 289 g/mol. The number of carbonyl (C=O) groups is 2. The van der Waals surface area contributed by atoms with Gasteiger partial charge in [0.05, 0.1) is 16.7 Å². The second-order valence-corrected chi connectivity index (χ2v) is 4.77. The smallest absolute Gasteiger partial charge is 0.317 e. The van der Waals surface area contributed by atoms with Gasteiger partial charge in [-0.25, -0.2) is 0 Å². The highest BCUT2D eigenvalue weighted by Gasteiger charge is 2.30. The Morgan fingerprint density at radius 1 is 1.29 bits per heavy atom. The van der Waals surface area contributed by atoms with E-state index in [2.05, 4.69) is 10.3 Å². The molecule has 1 aromatic heterocycles. The first kappa shape index (κ1) is 13.1. The molecule has 2 aromatic rings. The average Bonchev–Trinajstić information content (AvgIpc) is 2.42. The highest BCUT2D eigenvalue weighted by atomic mass is 16.4. The maximum absolute atomic E-state index is 12.1. The van der Waals surface area contributed by atoms with Crippen molar-refractivity contribution in [2.75, 3.05) is 5.32 Å². The van der Waals surface area contributed by atoms with Gasteiger partial charge in [-0.2, -0.15) is 0 Å². The summed E-state index contributed by atoms with van der Waals surface area (Å²) < 4.78 is 1.09. The van der Waals surface area contributed by atoms with Gasteiger partial charge in [0.2, 0.25) is 5.91 Å². The molecule has 1 aliphatic heterocycles. The van der Waals surface area contributed by atoms with Crippen LogP contribution in [0.1, 0.15) is 18.9 Å². The van der Waals surface area contributed by atoms with Gasteiger partial charge in [0.25, 0.3) is 0 Å². The van der Waals surface area contributed by atoms with Crippen molar-refractivity contribution in [3.05, 3.63) is 38.9 Å². The molecule has 0 spiro atoms. The van der Waals surface area contributed by atoms with Crippen molar-refractivity contribution in [1.82, 2.24) is 9.55 Å². The first-order valence-electron chi connectivity index (χ1n) is 6.29. The van der Waals surface area contributed by atoms with Gasteiger partial charge in [-0.15, -0.1) is 0 Å².